The zero-order valence-electron chi connectivity index (χ0n) is 42.2. The Morgan fingerprint density at radius 2 is 0.803 bits per heavy atom. The van der Waals surface area contributed by atoms with Crippen molar-refractivity contribution in [3.8, 4) is 55.6 Å². The van der Waals surface area contributed by atoms with E-state index in [0.29, 0.717) is 6.54 Å². The van der Waals surface area contributed by atoms with Crippen LogP contribution in [0.4, 0.5) is 28.4 Å². The summed E-state index contributed by atoms with van der Waals surface area (Å²) in [6, 6.07) is 102. The lowest BCUT2D eigenvalue weighted by Crippen LogP contribution is -2.28. The Labute approximate surface area is 446 Å². The first-order valence-corrected chi connectivity index (χ1v) is 26.2. The molecule has 11 aromatic rings. The van der Waals surface area contributed by atoms with Crippen LogP contribution in [-0.4, -0.2) is 6.54 Å². The van der Waals surface area contributed by atoms with Gasteiger partial charge in [-0.05, 0) is 144 Å². The Bertz CT molecular complexity index is 3910. The van der Waals surface area contributed by atoms with Crippen molar-refractivity contribution in [3.05, 3.63) is 338 Å². The summed E-state index contributed by atoms with van der Waals surface area (Å²) >= 11 is 0. The van der Waals surface area contributed by atoms with Crippen molar-refractivity contribution in [2.24, 2.45) is 0 Å². The normalized spacial score (nSPS) is 14.1. The maximum Gasteiger partial charge on any atom is 0.0714 e. The lowest BCUT2D eigenvalue weighted by molar-refractivity contribution is 0.768. The molecular formula is C74H54N2. The van der Waals surface area contributed by atoms with E-state index in [1.807, 2.05) is 0 Å². The van der Waals surface area contributed by atoms with Gasteiger partial charge in [0.25, 0.3) is 0 Å². The second-order valence-electron chi connectivity index (χ2n) is 19.7. The van der Waals surface area contributed by atoms with Crippen molar-refractivity contribution < 1.29 is 0 Å². The fourth-order valence-electron chi connectivity index (χ4n) is 11.7. The highest BCUT2D eigenvalue weighted by Crippen LogP contribution is 2.57. The zero-order chi connectivity index (χ0) is 50.8. The quantitative estimate of drug-likeness (QED) is 0.135. The maximum absolute atomic E-state index is 4.53. The van der Waals surface area contributed by atoms with Gasteiger partial charge in [-0.15, -0.1) is 0 Å². The van der Waals surface area contributed by atoms with Gasteiger partial charge in [-0.1, -0.05) is 249 Å². The molecule has 13 rings (SSSR count). The Kier molecular flexibility index (Phi) is 12.1. The van der Waals surface area contributed by atoms with Gasteiger partial charge in [0.1, 0.15) is 0 Å². The van der Waals surface area contributed by atoms with Crippen molar-refractivity contribution in [2.45, 2.75) is 5.41 Å². The molecule has 0 radical (unpaired) electrons. The molecule has 0 spiro atoms. The topological polar surface area (TPSA) is 6.48 Å². The van der Waals surface area contributed by atoms with Gasteiger partial charge in [0.15, 0.2) is 0 Å². The van der Waals surface area contributed by atoms with Crippen LogP contribution in [0.25, 0.3) is 61.2 Å². The number of hydrogen-bond acceptors (Lipinski definition) is 2. The van der Waals surface area contributed by atoms with E-state index in [0.717, 1.165) is 61.8 Å². The lowest BCUT2D eigenvalue weighted by atomic mass is 9.67. The van der Waals surface area contributed by atoms with Crippen LogP contribution in [-0.2, 0) is 5.41 Å². The fourth-order valence-corrected chi connectivity index (χ4v) is 11.7. The van der Waals surface area contributed by atoms with Crippen LogP contribution >= 0.6 is 0 Å². The Morgan fingerprint density at radius 3 is 1.46 bits per heavy atom. The molecule has 0 N–H and O–H groups in total. The third-order valence-corrected chi connectivity index (χ3v) is 15.3. The molecule has 2 aliphatic rings. The molecular weight excluding hydrogens is 917 g/mol. The number of nitrogens with zero attached hydrogens (tertiary/aromatic N) is 2. The molecule has 0 unspecified atom stereocenters. The maximum atomic E-state index is 4.53. The Hall–Kier alpha value is -9.76. The van der Waals surface area contributed by atoms with E-state index >= 15 is 0 Å². The molecule has 1 heterocycles. The number of hydrogen-bond donors (Lipinski definition) is 0. The van der Waals surface area contributed by atoms with Crippen LogP contribution in [0.5, 0.6) is 0 Å². The van der Waals surface area contributed by atoms with Crippen molar-refractivity contribution in [1.82, 2.24) is 0 Å². The molecule has 2 nitrogen and oxygen atoms in total. The average molecular weight is 971 g/mol. The second-order valence-corrected chi connectivity index (χ2v) is 19.7. The molecule has 0 amide bonds. The summed E-state index contributed by atoms with van der Waals surface area (Å²) in [6.07, 6.45) is 8.54. The third-order valence-electron chi connectivity index (χ3n) is 15.3. The summed E-state index contributed by atoms with van der Waals surface area (Å²) < 4.78 is 0. The van der Waals surface area contributed by atoms with Crippen molar-refractivity contribution in [1.29, 1.82) is 0 Å². The van der Waals surface area contributed by atoms with E-state index < -0.39 is 5.41 Å². The van der Waals surface area contributed by atoms with Gasteiger partial charge in [-0.2, -0.15) is 0 Å². The highest BCUT2D eigenvalue weighted by Gasteiger charge is 2.46. The molecule has 2 heteroatoms. The number of rotatable bonds is 10. The van der Waals surface area contributed by atoms with Gasteiger partial charge in [0.2, 0.25) is 0 Å². The van der Waals surface area contributed by atoms with E-state index in [1.165, 1.54) is 55.6 Å². The molecule has 76 heavy (non-hydrogen) atoms. The lowest BCUT2D eigenvalue weighted by Gasteiger charge is -2.35. The first-order chi connectivity index (χ1) is 37.6. The predicted molar refractivity (Wildman–Crippen MR) is 321 cm³/mol. The van der Waals surface area contributed by atoms with Gasteiger partial charge in [0.05, 0.1) is 5.41 Å². The highest BCUT2D eigenvalue weighted by atomic mass is 15.1. The standard InChI is InChI=1S/C74H54N2/c1-53-21-7-6-18-48-75(66-33-20-28-60(50-66)55-24-10-3-11-25-55)73-51-61(40-46-68(53)73)59-27-19-26-58(49-59)57-38-43-65(44-39-57)76(64-41-36-56(37-42-64)54-22-8-2-9-23-54)67-45-47-70-69-34-16-17-35-71(69)74(72(70)52-67,62-29-12-4-13-30-62)63-31-14-5-15-32-63/h2-47,49-52H,1,48H2/b18-6-,21-7-. The average Bonchev–Trinajstić information content (AvgIpc) is 4.05. The van der Waals surface area contributed by atoms with Crippen LogP contribution in [0.1, 0.15) is 27.8 Å². The SMILES string of the molecule is C=C1/C=C\C=C/CN(c2cccc(-c3ccccc3)c2)c2cc(-c3cccc(-c4ccc(N(c5ccc(-c6ccccc6)cc5)c5ccc6c(c5)C(c5ccccc5)(c5ccccc5)c5ccccc5-6)cc4)c3)ccc21. The molecule has 0 bridgehead atoms. The Balaban J connectivity index is 0.895. The van der Waals surface area contributed by atoms with Gasteiger partial charge < -0.3 is 9.80 Å². The van der Waals surface area contributed by atoms with E-state index in [-0.39, 0.29) is 0 Å². The minimum absolute atomic E-state index is 0.522. The molecule has 0 saturated heterocycles. The largest absolute Gasteiger partial charge is 0.337 e. The number of allylic oxidation sites excluding steroid dienone is 4. The van der Waals surface area contributed by atoms with Gasteiger partial charge in [-0.25, -0.2) is 0 Å². The number of anilines is 5. The predicted octanol–water partition coefficient (Wildman–Crippen LogP) is 19.5. The second kappa shape index (κ2) is 19.9. The molecule has 11 aromatic carbocycles. The number of fused-ring (bicyclic) bond motifs is 4. The van der Waals surface area contributed by atoms with E-state index in [2.05, 4.69) is 320 Å². The molecule has 1 aliphatic heterocycles. The van der Waals surface area contributed by atoms with Gasteiger partial charge >= 0.3 is 0 Å². The van der Waals surface area contributed by atoms with Gasteiger partial charge in [0, 0.05) is 40.5 Å². The van der Waals surface area contributed by atoms with Crippen LogP contribution in [0.15, 0.2) is 310 Å². The number of benzene rings is 11. The van der Waals surface area contributed by atoms with Crippen molar-refractivity contribution >= 4 is 34.0 Å². The van der Waals surface area contributed by atoms with E-state index in [9.17, 15) is 0 Å². The summed E-state index contributed by atoms with van der Waals surface area (Å²) in [7, 11) is 0. The van der Waals surface area contributed by atoms with Crippen LogP contribution < -0.4 is 9.80 Å². The highest BCUT2D eigenvalue weighted by molar-refractivity contribution is 5.91. The zero-order valence-corrected chi connectivity index (χ0v) is 42.2. The third kappa shape index (κ3) is 8.37. The van der Waals surface area contributed by atoms with E-state index in [4.69, 9.17) is 0 Å². The van der Waals surface area contributed by atoms with E-state index in [1.54, 1.807) is 0 Å². The Morgan fingerprint density at radius 1 is 0.342 bits per heavy atom. The molecule has 0 atom stereocenters. The summed E-state index contributed by atoms with van der Waals surface area (Å²) in [5, 5.41) is 0. The molecule has 1 aliphatic carbocycles. The summed E-state index contributed by atoms with van der Waals surface area (Å²) in [4.78, 5) is 4.82. The summed E-state index contributed by atoms with van der Waals surface area (Å²) in [5.41, 5.74) is 24.0. The first-order valence-electron chi connectivity index (χ1n) is 26.2. The molecule has 0 saturated carbocycles. The van der Waals surface area contributed by atoms with Crippen LogP contribution in [0, 0.1) is 0 Å². The minimum atomic E-state index is -0.522. The fraction of sp³-hybridized carbons (Fsp3) is 0.0270. The van der Waals surface area contributed by atoms with Crippen LogP contribution in [0.2, 0.25) is 0 Å². The monoisotopic (exact) mass is 970 g/mol. The van der Waals surface area contributed by atoms with Gasteiger partial charge in [-0.3, -0.25) is 0 Å². The summed E-state index contributed by atoms with van der Waals surface area (Å²) in [5.74, 6) is 0. The molecule has 0 fully saturated rings. The first kappa shape index (κ1) is 46.1. The minimum Gasteiger partial charge on any atom is -0.337 e. The van der Waals surface area contributed by atoms with Crippen LogP contribution in [0.3, 0.4) is 0 Å². The summed E-state index contributed by atoms with van der Waals surface area (Å²) in [6.45, 7) is 5.24. The smallest absolute Gasteiger partial charge is 0.0714 e. The molecule has 0 aromatic heterocycles. The molecule has 360 valence electrons. The van der Waals surface area contributed by atoms with Crippen molar-refractivity contribution in [3.63, 3.8) is 0 Å². The van der Waals surface area contributed by atoms with Crippen molar-refractivity contribution in [2.75, 3.05) is 16.3 Å².